The quantitative estimate of drug-likeness (QED) is 0.900. The van der Waals surface area contributed by atoms with Gasteiger partial charge in [-0.2, -0.15) is 0 Å². The molecule has 2 atom stereocenters. The van der Waals surface area contributed by atoms with E-state index in [9.17, 15) is 9.18 Å². The molecular weight excluding hydrogens is 305 g/mol. The standard InChI is InChI=1S/C19H28FN3O/c1-18(2)11-19(12-22(3)4)13-23(10-16(18)19)17(24)9-21-15-7-5-14(20)6-8-15/h5-8,16,21H,9-13H2,1-4H3/t16-,19+/m1/s1. The van der Waals surface area contributed by atoms with Crippen molar-refractivity contribution in [1.82, 2.24) is 9.80 Å². The van der Waals surface area contributed by atoms with Crippen LogP contribution in [0.25, 0.3) is 0 Å². The zero-order valence-corrected chi connectivity index (χ0v) is 15.1. The van der Waals surface area contributed by atoms with Gasteiger partial charge in [-0.05, 0) is 56.1 Å². The molecule has 0 aromatic heterocycles. The van der Waals surface area contributed by atoms with E-state index in [2.05, 4.69) is 38.2 Å². The van der Waals surface area contributed by atoms with Gasteiger partial charge in [-0.1, -0.05) is 13.8 Å². The van der Waals surface area contributed by atoms with Crippen LogP contribution in [0.1, 0.15) is 20.3 Å². The Labute approximate surface area is 144 Å². The van der Waals surface area contributed by atoms with Gasteiger partial charge in [0.2, 0.25) is 5.91 Å². The van der Waals surface area contributed by atoms with Gasteiger partial charge in [-0.15, -0.1) is 0 Å². The second-order valence-corrected chi connectivity index (χ2v) is 8.45. The second-order valence-electron chi connectivity index (χ2n) is 8.45. The molecule has 0 bridgehead atoms. The van der Waals surface area contributed by atoms with Gasteiger partial charge in [0.05, 0.1) is 6.54 Å². The van der Waals surface area contributed by atoms with E-state index >= 15 is 0 Å². The van der Waals surface area contributed by atoms with Gasteiger partial charge < -0.3 is 15.1 Å². The summed E-state index contributed by atoms with van der Waals surface area (Å²) in [7, 11) is 4.22. The predicted octanol–water partition coefficient (Wildman–Crippen LogP) is 2.67. The van der Waals surface area contributed by atoms with Crippen LogP contribution in [0.2, 0.25) is 0 Å². The lowest BCUT2D eigenvalue weighted by molar-refractivity contribution is -0.128. The Morgan fingerprint density at radius 3 is 2.58 bits per heavy atom. The summed E-state index contributed by atoms with van der Waals surface area (Å²) in [6.45, 7) is 7.63. The summed E-state index contributed by atoms with van der Waals surface area (Å²) in [6.07, 6.45) is 1.18. The molecule has 1 saturated carbocycles. The largest absolute Gasteiger partial charge is 0.376 e. The summed E-state index contributed by atoms with van der Waals surface area (Å²) < 4.78 is 12.9. The van der Waals surface area contributed by atoms with Gasteiger partial charge in [0.25, 0.3) is 0 Å². The first-order valence-corrected chi connectivity index (χ1v) is 8.64. The normalized spacial score (nSPS) is 27.8. The fraction of sp³-hybridized carbons (Fsp3) is 0.632. The highest BCUT2D eigenvalue weighted by atomic mass is 19.1. The molecule has 4 nitrogen and oxygen atoms in total. The van der Waals surface area contributed by atoms with Crippen molar-refractivity contribution in [2.75, 3.05) is 45.6 Å². The molecule has 132 valence electrons. The predicted molar refractivity (Wildman–Crippen MR) is 94.3 cm³/mol. The minimum atomic E-state index is -0.268. The van der Waals surface area contributed by atoms with Crippen molar-refractivity contribution in [2.45, 2.75) is 20.3 Å². The van der Waals surface area contributed by atoms with E-state index in [-0.39, 0.29) is 23.7 Å². The van der Waals surface area contributed by atoms with Crippen molar-refractivity contribution in [3.05, 3.63) is 30.1 Å². The molecule has 5 heteroatoms. The van der Waals surface area contributed by atoms with Crippen molar-refractivity contribution in [3.63, 3.8) is 0 Å². The molecule has 1 saturated heterocycles. The van der Waals surface area contributed by atoms with Crippen LogP contribution in [0, 0.1) is 22.6 Å². The van der Waals surface area contributed by atoms with Crippen LogP contribution in [0.4, 0.5) is 10.1 Å². The van der Waals surface area contributed by atoms with E-state index in [0.717, 1.165) is 25.3 Å². The van der Waals surface area contributed by atoms with Crippen LogP contribution >= 0.6 is 0 Å². The Morgan fingerprint density at radius 2 is 2.00 bits per heavy atom. The molecule has 1 aliphatic heterocycles. The molecule has 1 aromatic carbocycles. The van der Waals surface area contributed by atoms with Gasteiger partial charge in [0.1, 0.15) is 5.82 Å². The van der Waals surface area contributed by atoms with Crippen molar-refractivity contribution < 1.29 is 9.18 Å². The maximum absolute atomic E-state index is 12.9. The molecule has 1 N–H and O–H groups in total. The fourth-order valence-electron chi connectivity index (χ4n) is 5.02. The number of fused-ring (bicyclic) bond motifs is 1. The fourth-order valence-corrected chi connectivity index (χ4v) is 5.02. The molecule has 0 unspecified atom stereocenters. The van der Waals surface area contributed by atoms with Crippen molar-refractivity contribution >= 4 is 11.6 Å². The lowest BCUT2D eigenvalue weighted by Gasteiger charge is -2.57. The van der Waals surface area contributed by atoms with E-state index < -0.39 is 0 Å². The van der Waals surface area contributed by atoms with E-state index in [1.165, 1.54) is 18.6 Å². The summed E-state index contributed by atoms with van der Waals surface area (Å²) in [5, 5.41) is 3.10. The second kappa shape index (κ2) is 6.03. The number of benzene rings is 1. The van der Waals surface area contributed by atoms with E-state index in [4.69, 9.17) is 0 Å². The highest BCUT2D eigenvalue weighted by molar-refractivity contribution is 5.81. The summed E-state index contributed by atoms with van der Waals surface area (Å²) in [6, 6.07) is 6.12. The lowest BCUT2D eigenvalue weighted by Crippen LogP contribution is -2.57. The van der Waals surface area contributed by atoms with Crippen molar-refractivity contribution in [2.24, 2.45) is 16.7 Å². The molecule has 2 fully saturated rings. The molecule has 1 heterocycles. The van der Waals surface area contributed by atoms with Crippen LogP contribution in [0.15, 0.2) is 24.3 Å². The SMILES string of the molecule is CN(C)C[C@@]12CN(C(=O)CNc3ccc(F)cc3)C[C@@H]1C(C)(C)C2. The van der Waals surface area contributed by atoms with Gasteiger partial charge in [0, 0.05) is 30.7 Å². The first-order chi connectivity index (χ1) is 11.2. The third-order valence-electron chi connectivity index (χ3n) is 5.67. The first kappa shape index (κ1) is 17.2. The molecule has 2 aliphatic rings. The number of hydrogen-bond acceptors (Lipinski definition) is 3. The average Bonchev–Trinajstić information content (AvgIpc) is 2.80. The third kappa shape index (κ3) is 3.14. The van der Waals surface area contributed by atoms with Gasteiger partial charge in [-0.25, -0.2) is 4.39 Å². The summed E-state index contributed by atoms with van der Waals surface area (Å²) >= 11 is 0. The number of carbonyl (C=O) groups excluding carboxylic acids is 1. The monoisotopic (exact) mass is 333 g/mol. The minimum Gasteiger partial charge on any atom is -0.376 e. The zero-order chi connectivity index (χ0) is 17.5. The third-order valence-corrected chi connectivity index (χ3v) is 5.67. The zero-order valence-electron chi connectivity index (χ0n) is 15.1. The van der Waals surface area contributed by atoms with Gasteiger partial charge >= 0.3 is 0 Å². The molecular formula is C19H28FN3O. The smallest absolute Gasteiger partial charge is 0.241 e. The maximum Gasteiger partial charge on any atom is 0.241 e. The van der Waals surface area contributed by atoms with Crippen LogP contribution in [-0.2, 0) is 4.79 Å². The van der Waals surface area contributed by atoms with Gasteiger partial charge in [-0.3, -0.25) is 4.79 Å². The number of halogens is 1. The molecule has 0 spiro atoms. The first-order valence-electron chi connectivity index (χ1n) is 8.64. The van der Waals surface area contributed by atoms with Crippen LogP contribution < -0.4 is 5.32 Å². The van der Waals surface area contributed by atoms with Crippen molar-refractivity contribution in [3.8, 4) is 0 Å². The Morgan fingerprint density at radius 1 is 1.33 bits per heavy atom. The molecule has 1 aliphatic carbocycles. The number of rotatable bonds is 5. The van der Waals surface area contributed by atoms with E-state index in [1.807, 2.05) is 4.90 Å². The summed E-state index contributed by atoms with van der Waals surface area (Å²) in [4.78, 5) is 16.9. The minimum absolute atomic E-state index is 0.127. The van der Waals surface area contributed by atoms with Crippen LogP contribution in [0.5, 0.6) is 0 Å². The number of likely N-dealkylation sites (tertiary alicyclic amines) is 1. The number of anilines is 1. The number of amides is 1. The maximum atomic E-state index is 12.9. The number of carbonyl (C=O) groups is 1. The number of nitrogens with zero attached hydrogens (tertiary/aromatic N) is 2. The highest BCUT2D eigenvalue weighted by Crippen LogP contribution is 2.62. The Kier molecular flexibility index (Phi) is 4.32. The molecule has 24 heavy (non-hydrogen) atoms. The molecule has 0 radical (unpaired) electrons. The molecule has 1 amide bonds. The van der Waals surface area contributed by atoms with Crippen molar-refractivity contribution in [1.29, 1.82) is 0 Å². The summed E-state index contributed by atoms with van der Waals surface area (Å²) in [5.74, 6) is 0.431. The Bertz CT molecular complexity index is 610. The Hall–Kier alpha value is -1.62. The lowest BCUT2D eigenvalue weighted by atomic mass is 9.48. The topological polar surface area (TPSA) is 35.6 Å². The Balaban J connectivity index is 1.61. The summed E-state index contributed by atoms with van der Waals surface area (Å²) in [5.41, 5.74) is 1.34. The number of nitrogens with one attached hydrogen (secondary N) is 1. The average molecular weight is 333 g/mol. The highest BCUT2D eigenvalue weighted by Gasteiger charge is 2.63. The van der Waals surface area contributed by atoms with Crippen LogP contribution in [-0.4, -0.2) is 56.0 Å². The van der Waals surface area contributed by atoms with E-state index in [0.29, 0.717) is 11.3 Å². The molecule has 3 rings (SSSR count). The van der Waals surface area contributed by atoms with Crippen LogP contribution in [0.3, 0.4) is 0 Å². The van der Waals surface area contributed by atoms with E-state index in [1.54, 1.807) is 12.1 Å². The van der Waals surface area contributed by atoms with Gasteiger partial charge in [0.15, 0.2) is 0 Å². The number of hydrogen-bond donors (Lipinski definition) is 1. The molecule has 1 aromatic rings.